The highest BCUT2D eigenvalue weighted by molar-refractivity contribution is 5.73. The number of nitrogens with two attached hydrogens (primary N) is 1. The Morgan fingerprint density at radius 1 is 1.26 bits per heavy atom. The number of rotatable bonds is 5. The van der Waals surface area contributed by atoms with Gasteiger partial charge in [0, 0.05) is 23.9 Å². The van der Waals surface area contributed by atoms with Gasteiger partial charge in [0.15, 0.2) is 6.61 Å². The summed E-state index contributed by atoms with van der Waals surface area (Å²) in [6, 6.07) is 5.26. The van der Waals surface area contributed by atoms with Gasteiger partial charge in [0.25, 0.3) is 5.56 Å². The summed E-state index contributed by atoms with van der Waals surface area (Å²) in [4.78, 5) is 26.1. The highest BCUT2D eigenvalue weighted by Gasteiger charge is 2.28. The van der Waals surface area contributed by atoms with E-state index in [0.29, 0.717) is 11.3 Å². The molecule has 0 aliphatic carbocycles. The average molecular weight is 328 g/mol. The van der Waals surface area contributed by atoms with E-state index >= 15 is 0 Å². The summed E-state index contributed by atoms with van der Waals surface area (Å²) in [6.45, 7) is -1.83. The molecule has 122 valence electrons. The number of hydrogen-bond donors (Lipinski definition) is 1. The maximum Gasteiger partial charge on any atom is 0.422 e. The summed E-state index contributed by atoms with van der Waals surface area (Å²) in [5.74, 6) is -0.928. The highest BCUT2D eigenvalue weighted by atomic mass is 19.4. The predicted molar refractivity (Wildman–Crippen MR) is 72.5 cm³/mol. The molecule has 10 heteroatoms. The first-order chi connectivity index (χ1) is 10.7. The molecule has 23 heavy (non-hydrogen) atoms. The molecule has 0 radical (unpaired) electrons. The number of primary amides is 1. The van der Waals surface area contributed by atoms with Crippen LogP contribution in [0.2, 0.25) is 0 Å². The molecule has 7 nitrogen and oxygen atoms in total. The molecule has 0 fully saturated rings. The predicted octanol–water partition coefficient (Wildman–Crippen LogP) is 0.732. The number of aromatic nitrogens is 3. The second-order valence-corrected chi connectivity index (χ2v) is 4.47. The first kappa shape index (κ1) is 16.5. The van der Waals surface area contributed by atoms with Gasteiger partial charge in [-0.2, -0.15) is 18.3 Å². The molecule has 0 unspecified atom stereocenters. The van der Waals surface area contributed by atoms with Crippen LogP contribution in [0.1, 0.15) is 0 Å². The fourth-order valence-electron chi connectivity index (χ4n) is 1.64. The molecule has 1 amide bonds. The van der Waals surface area contributed by atoms with E-state index in [1.54, 1.807) is 0 Å². The van der Waals surface area contributed by atoms with Crippen molar-refractivity contribution in [3.8, 4) is 17.1 Å². The minimum absolute atomic E-state index is 0.198. The monoisotopic (exact) mass is 328 g/mol. The zero-order valence-electron chi connectivity index (χ0n) is 11.6. The van der Waals surface area contributed by atoms with Gasteiger partial charge in [-0.3, -0.25) is 9.59 Å². The number of alkyl halides is 3. The molecule has 0 saturated heterocycles. The lowest BCUT2D eigenvalue weighted by Crippen LogP contribution is -2.29. The first-order valence-corrected chi connectivity index (χ1v) is 6.27. The van der Waals surface area contributed by atoms with Crippen LogP contribution in [0.15, 0.2) is 35.3 Å². The zero-order chi connectivity index (χ0) is 17.0. The minimum Gasteiger partial charge on any atom is -0.468 e. The Hall–Kier alpha value is -2.91. The van der Waals surface area contributed by atoms with Crippen molar-refractivity contribution in [1.82, 2.24) is 14.8 Å². The first-order valence-electron chi connectivity index (χ1n) is 6.27. The quantitative estimate of drug-likeness (QED) is 0.872. The molecular weight excluding hydrogens is 317 g/mol. The van der Waals surface area contributed by atoms with Crippen LogP contribution in [0.25, 0.3) is 11.3 Å². The second kappa shape index (κ2) is 6.46. The van der Waals surface area contributed by atoms with Gasteiger partial charge in [0.2, 0.25) is 11.8 Å². The molecule has 0 aromatic carbocycles. The summed E-state index contributed by atoms with van der Waals surface area (Å²) in [5.41, 5.74) is 5.24. The van der Waals surface area contributed by atoms with Crippen LogP contribution in [0.3, 0.4) is 0 Å². The van der Waals surface area contributed by atoms with E-state index in [-0.39, 0.29) is 12.4 Å². The smallest absolute Gasteiger partial charge is 0.422 e. The molecule has 0 atom stereocenters. The Balaban J connectivity index is 2.19. The number of carbonyl (C=O) groups excluding carboxylic acids is 1. The maximum atomic E-state index is 12.0. The van der Waals surface area contributed by atoms with Crippen molar-refractivity contribution in [2.24, 2.45) is 5.73 Å². The molecule has 2 heterocycles. The van der Waals surface area contributed by atoms with Gasteiger partial charge in [-0.15, -0.1) is 0 Å². The lowest BCUT2D eigenvalue weighted by atomic mass is 10.2. The number of carbonyl (C=O) groups is 1. The zero-order valence-corrected chi connectivity index (χ0v) is 11.6. The normalized spacial score (nSPS) is 11.3. The number of ether oxygens (including phenoxy) is 1. The molecule has 0 aliphatic rings. The number of amides is 1. The van der Waals surface area contributed by atoms with Crippen LogP contribution in [0, 0.1) is 0 Å². The van der Waals surface area contributed by atoms with Crippen molar-refractivity contribution in [2.45, 2.75) is 12.7 Å². The van der Waals surface area contributed by atoms with Crippen LogP contribution >= 0.6 is 0 Å². The molecule has 0 aliphatic heterocycles. The Morgan fingerprint density at radius 2 is 2.00 bits per heavy atom. The average Bonchev–Trinajstić information content (AvgIpc) is 2.47. The number of nitrogens with zero attached hydrogens (tertiary/aromatic N) is 3. The maximum absolute atomic E-state index is 12.0. The van der Waals surface area contributed by atoms with Gasteiger partial charge in [0.05, 0.1) is 5.69 Å². The van der Waals surface area contributed by atoms with E-state index in [1.165, 1.54) is 30.5 Å². The summed E-state index contributed by atoms with van der Waals surface area (Å²) in [6.07, 6.45) is -3.21. The van der Waals surface area contributed by atoms with E-state index in [2.05, 4.69) is 14.8 Å². The SMILES string of the molecule is NC(=O)Cn1nc(-c2ccc(OCC(F)(F)F)nc2)ccc1=O. The van der Waals surface area contributed by atoms with Gasteiger partial charge < -0.3 is 10.5 Å². The molecule has 2 aromatic rings. The standard InChI is InChI=1S/C13H11F3N4O3/c14-13(15,16)7-23-11-3-1-8(5-18-11)9-2-4-12(22)20(19-9)6-10(17)21/h1-5H,6-7H2,(H2,17,21). The van der Waals surface area contributed by atoms with E-state index in [9.17, 15) is 22.8 Å². The molecule has 0 spiro atoms. The third-order valence-electron chi connectivity index (χ3n) is 2.59. The number of hydrogen-bond acceptors (Lipinski definition) is 5. The fourth-order valence-corrected chi connectivity index (χ4v) is 1.64. The Labute approximate surface area is 127 Å². The summed E-state index contributed by atoms with van der Waals surface area (Å²) >= 11 is 0. The topological polar surface area (TPSA) is 100 Å². The molecular formula is C13H11F3N4O3. The van der Waals surface area contributed by atoms with E-state index in [4.69, 9.17) is 5.73 Å². The van der Waals surface area contributed by atoms with E-state index < -0.39 is 24.2 Å². The summed E-state index contributed by atoms with van der Waals surface area (Å²) in [5, 5.41) is 3.94. The van der Waals surface area contributed by atoms with Gasteiger partial charge in [0.1, 0.15) is 6.54 Å². The van der Waals surface area contributed by atoms with E-state index in [0.717, 1.165) is 4.68 Å². The van der Waals surface area contributed by atoms with Crippen LogP contribution in [-0.2, 0) is 11.3 Å². The third-order valence-corrected chi connectivity index (χ3v) is 2.59. The van der Waals surface area contributed by atoms with E-state index in [1.807, 2.05) is 0 Å². The number of pyridine rings is 1. The van der Waals surface area contributed by atoms with Gasteiger partial charge in [-0.1, -0.05) is 0 Å². The summed E-state index contributed by atoms with van der Waals surface area (Å²) in [7, 11) is 0. The van der Waals surface area contributed by atoms with Crippen LogP contribution in [0.4, 0.5) is 13.2 Å². The van der Waals surface area contributed by atoms with Crippen molar-refractivity contribution in [1.29, 1.82) is 0 Å². The van der Waals surface area contributed by atoms with Gasteiger partial charge >= 0.3 is 6.18 Å². The van der Waals surface area contributed by atoms with Crippen LogP contribution in [-0.4, -0.2) is 33.5 Å². The number of halogens is 3. The van der Waals surface area contributed by atoms with Crippen molar-refractivity contribution in [3.05, 3.63) is 40.8 Å². The Kier molecular flexibility index (Phi) is 4.63. The lowest BCUT2D eigenvalue weighted by Gasteiger charge is -2.09. The Morgan fingerprint density at radius 3 is 2.57 bits per heavy atom. The molecule has 0 saturated carbocycles. The molecule has 2 N–H and O–H groups in total. The molecule has 2 aromatic heterocycles. The van der Waals surface area contributed by atoms with Crippen molar-refractivity contribution in [3.63, 3.8) is 0 Å². The Bertz CT molecular complexity index is 756. The van der Waals surface area contributed by atoms with Crippen LogP contribution < -0.4 is 16.0 Å². The molecule has 2 rings (SSSR count). The lowest BCUT2D eigenvalue weighted by molar-refractivity contribution is -0.154. The highest BCUT2D eigenvalue weighted by Crippen LogP contribution is 2.20. The van der Waals surface area contributed by atoms with Gasteiger partial charge in [-0.05, 0) is 12.1 Å². The van der Waals surface area contributed by atoms with Crippen molar-refractivity contribution >= 4 is 5.91 Å². The second-order valence-electron chi connectivity index (χ2n) is 4.47. The largest absolute Gasteiger partial charge is 0.468 e. The van der Waals surface area contributed by atoms with Crippen molar-refractivity contribution < 1.29 is 22.7 Å². The fraction of sp³-hybridized carbons (Fsp3) is 0.231. The van der Waals surface area contributed by atoms with Gasteiger partial charge in [-0.25, -0.2) is 9.67 Å². The molecule has 0 bridgehead atoms. The minimum atomic E-state index is -4.45. The summed E-state index contributed by atoms with van der Waals surface area (Å²) < 4.78 is 41.5. The third kappa shape index (κ3) is 4.80. The van der Waals surface area contributed by atoms with Crippen LogP contribution in [0.5, 0.6) is 5.88 Å². The van der Waals surface area contributed by atoms with Crippen molar-refractivity contribution in [2.75, 3.05) is 6.61 Å².